The maximum Gasteiger partial charge on any atom is 0.296 e. The topological polar surface area (TPSA) is 70.8 Å². The third kappa shape index (κ3) is 3.77. The van der Waals surface area contributed by atoms with E-state index >= 15 is 0 Å². The summed E-state index contributed by atoms with van der Waals surface area (Å²) < 4.78 is 19.1. The van der Waals surface area contributed by atoms with E-state index in [0.717, 1.165) is 12.0 Å². The van der Waals surface area contributed by atoms with E-state index in [1.54, 1.807) is 19.1 Å². The average molecular weight is 419 g/mol. The van der Waals surface area contributed by atoms with E-state index in [0.29, 0.717) is 16.9 Å². The summed E-state index contributed by atoms with van der Waals surface area (Å²) in [5, 5.41) is 11.0. The fourth-order valence-electron chi connectivity index (χ4n) is 3.84. The third-order valence-electron chi connectivity index (χ3n) is 5.58. The second-order valence-electron chi connectivity index (χ2n) is 7.57. The van der Waals surface area contributed by atoms with Crippen LogP contribution in [0, 0.1) is 12.7 Å². The number of likely N-dealkylation sites (tertiary alicyclic amines) is 1. The molecular formula is C25H22FNO4. The van der Waals surface area contributed by atoms with Crippen molar-refractivity contribution in [2.75, 3.05) is 0 Å². The van der Waals surface area contributed by atoms with Gasteiger partial charge in [0.15, 0.2) is 0 Å². The minimum Gasteiger partial charge on any atom is -0.507 e. The lowest BCUT2D eigenvalue weighted by Crippen LogP contribution is -2.29. The Labute approximate surface area is 179 Å². The molecule has 2 aromatic carbocycles. The molecule has 0 bridgehead atoms. The number of halogens is 1. The summed E-state index contributed by atoms with van der Waals surface area (Å²) in [6, 6.07) is 14.3. The van der Waals surface area contributed by atoms with Crippen molar-refractivity contribution in [2.24, 2.45) is 0 Å². The van der Waals surface area contributed by atoms with E-state index in [1.807, 2.05) is 31.2 Å². The number of Topliss-reactive ketones (excluding diaryl/α,β-unsaturated/α-hetero) is 1. The maximum absolute atomic E-state index is 13.7. The molecule has 158 valence electrons. The molecule has 1 aromatic heterocycles. The number of nitrogens with zero attached hydrogens (tertiary/aromatic N) is 1. The van der Waals surface area contributed by atoms with Crippen molar-refractivity contribution in [1.82, 2.24) is 4.90 Å². The molecule has 2 heterocycles. The van der Waals surface area contributed by atoms with Crippen molar-refractivity contribution in [3.63, 3.8) is 0 Å². The first-order chi connectivity index (χ1) is 14.9. The van der Waals surface area contributed by atoms with Crippen LogP contribution >= 0.6 is 0 Å². The van der Waals surface area contributed by atoms with Gasteiger partial charge in [-0.15, -0.1) is 0 Å². The first-order valence-corrected chi connectivity index (χ1v) is 10.1. The predicted octanol–water partition coefficient (Wildman–Crippen LogP) is 4.91. The first-order valence-electron chi connectivity index (χ1n) is 10.1. The molecule has 0 aliphatic carbocycles. The van der Waals surface area contributed by atoms with Crippen molar-refractivity contribution >= 4 is 17.4 Å². The zero-order valence-electron chi connectivity index (χ0n) is 17.3. The molecule has 0 spiro atoms. The SMILES string of the molecule is CCc1ccc(C2/C(=C(/O)c3ccc(F)c(C)c3)C(=O)C(=O)N2Cc2ccco2)cc1. The van der Waals surface area contributed by atoms with E-state index in [9.17, 15) is 19.1 Å². The highest BCUT2D eigenvalue weighted by atomic mass is 19.1. The van der Waals surface area contributed by atoms with Crippen molar-refractivity contribution in [3.8, 4) is 0 Å². The quantitative estimate of drug-likeness (QED) is 0.362. The predicted molar refractivity (Wildman–Crippen MR) is 114 cm³/mol. The van der Waals surface area contributed by atoms with Crippen LogP contribution in [0.1, 0.15) is 41.0 Å². The highest BCUT2D eigenvalue weighted by molar-refractivity contribution is 6.46. The maximum atomic E-state index is 13.7. The van der Waals surface area contributed by atoms with Crippen LogP contribution in [0.15, 0.2) is 70.9 Å². The Balaban J connectivity index is 1.86. The molecular weight excluding hydrogens is 397 g/mol. The van der Waals surface area contributed by atoms with Crippen LogP contribution in [0.2, 0.25) is 0 Å². The fraction of sp³-hybridized carbons (Fsp3) is 0.200. The number of aliphatic hydroxyl groups excluding tert-OH is 1. The van der Waals surface area contributed by atoms with Crippen molar-refractivity contribution in [3.05, 3.63) is 100 Å². The van der Waals surface area contributed by atoms with E-state index in [1.165, 1.54) is 29.4 Å². The molecule has 0 radical (unpaired) electrons. The largest absolute Gasteiger partial charge is 0.507 e. The Morgan fingerprint density at radius 3 is 2.48 bits per heavy atom. The number of benzene rings is 2. The van der Waals surface area contributed by atoms with E-state index < -0.39 is 23.5 Å². The zero-order chi connectivity index (χ0) is 22.1. The average Bonchev–Trinajstić information content (AvgIpc) is 3.38. The van der Waals surface area contributed by atoms with Crippen LogP contribution < -0.4 is 0 Å². The normalized spacial score (nSPS) is 18.0. The van der Waals surface area contributed by atoms with Gasteiger partial charge in [-0.1, -0.05) is 31.2 Å². The van der Waals surface area contributed by atoms with Gasteiger partial charge in [-0.05, 0) is 60.4 Å². The highest BCUT2D eigenvalue weighted by Crippen LogP contribution is 2.40. The van der Waals surface area contributed by atoms with Crippen molar-refractivity contribution in [2.45, 2.75) is 32.9 Å². The Bertz CT molecular complexity index is 1160. The van der Waals surface area contributed by atoms with Gasteiger partial charge in [0.1, 0.15) is 17.3 Å². The van der Waals surface area contributed by atoms with Gasteiger partial charge in [-0.2, -0.15) is 0 Å². The highest BCUT2D eigenvalue weighted by Gasteiger charge is 2.46. The summed E-state index contributed by atoms with van der Waals surface area (Å²) >= 11 is 0. The molecule has 6 heteroatoms. The summed E-state index contributed by atoms with van der Waals surface area (Å²) in [5.41, 5.74) is 2.40. The first kappa shape index (κ1) is 20.6. The van der Waals surface area contributed by atoms with Gasteiger partial charge in [0, 0.05) is 5.56 Å². The Morgan fingerprint density at radius 1 is 1.13 bits per heavy atom. The van der Waals surface area contributed by atoms with Gasteiger partial charge in [0.25, 0.3) is 11.7 Å². The Hall–Kier alpha value is -3.67. The summed E-state index contributed by atoms with van der Waals surface area (Å²) in [6.45, 7) is 3.69. The number of carbonyl (C=O) groups excluding carboxylic acids is 2. The van der Waals surface area contributed by atoms with Crippen LogP contribution in [0.5, 0.6) is 0 Å². The number of amides is 1. The second kappa shape index (κ2) is 8.22. The number of aryl methyl sites for hydroxylation is 2. The summed E-state index contributed by atoms with van der Waals surface area (Å²) in [7, 11) is 0. The molecule has 4 rings (SSSR count). The Morgan fingerprint density at radius 2 is 1.87 bits per heavy atom. The minimum atomic E-state index is -0.790. The van der Waals surface area contributed by atoms with Gasteiger partial charge in [-0.25, -0.2) is 4.39 Å². The van der Waals surface area contributed by atoms with Gasteiger partial charge >= 0.3 is 0 Å². The van der Waals surface area contributed by atoms with E-state index in [4.69, 9.17) is 4.42 Å². The molecule has 1 aliphatic rings. The smallest absolute Gasteiger partial charge is 0.296 e. The lowest BCUT2D eigenvalue weighted by Gasteiger charge is -2.24. The molecule has 1 unspecified atom stereocenters. The third-order valence-corrected chi connectivity index (χ3v) is 5.58. The van der Waals surface area contributed by atoms with Crippen molar-refractivity contribution < 1.29 is 23.5 Å². The zero-order valence-corrected chi connectivity index (χ0v) is 17.3. The second-order valence-corrected chi connectivity index (χ2v) is 7.57. The van der Waals surface area contributed by atoms with Crippen LogP contribution in [-0.2, 0) is 22.6 Å². The van der Waals surface area contributed by atoms with Crippen LogP contribution in [0.25, 0.3) is 5.76 Å². The van der Waals surface area contributed by atoms with Gasteiger partial charge < -0.3 is 14.4 Å². The summed E-state index contributed by atoms with van der Waals surface area (Å²) in [5.74, 6) is -1.72. The summed E-state index contributed by atoms with van der Waals surface area (Å²) in [6.07, 6.45) is 2.35. The molecule has 31 heavy (non-hydrogen) atoms. The molecule has 1 N–H and O–H groups in total. The van der Waals surface area contributed by atoms with Crippen LogP contribution in [0.4, 0.5) is 4.39 Å². The Kier molecular flexibility index (Phi) is 5.46. The standard InChI is InChI=1S/C25H22FNO4/c1-3-16-6-8-17(9-7-16)22-21(23(28)18-10-11-20(26)15(2)13-18)24(29)25(30)27(22)14-19-5-4-12-31-19/h4-13,22,28H,3,14H2,1-2H3/b23-21-. The number of ketones is 1. The number of carbonyl (C=O) groups is 2. The lowest BCUT2D eigenvalue weighted by atomic mass is 9.94. The fourth-order valence-corrected chi connectivity index (χ4v) is 3.84. The van der Waals surface area contributed by atoms with E-state index in [-0.39, 0.29) is 23.4 Å². The number of furan rings is 1. The van der Waals surface area contributed by atoms with E-state index in [2.05, 4.69) is 0 Å². The number of aliphatic hydroxyl groups is 1. The lowest BCUT2D eigenvalue weighted by molar-refractivity contribution is -0.140. The van der Waals surface area contributed by atoms with Gasteiger partial charge in [0.2, 0.25) is 0 Å². The van der Waals surface area contributed by atoms with Crippen molar-refractivity contribution in [1.29, 1.82) is 0 Å². The molecule has 1 aliphatic heterocycles. The number of hydrogen-bond acceptors (Lipinski definition) is 4. The van der Waals surface area contributed by atoms with Gasteiger partial charge in [-0.3, -0.25) is 9.59 Å². The molecule has 1 fully saturated rings. The molecule has 3 aromatic rings. The van der Waals surface area contributed by atoms with Gasteiger partial charge in [0.05, 0.1) is 24.4 Å². The van der Waals surface area contributed by atoms with Crippen LogP contribution in [0.3, 0.4) is 0 Å². The molecule has 1 atom stereocenters. The molecule has 5 nitrogen and oxygen atoms in total. The molecule has 1 amide bonds. The minimum absolute atomic E-state index is 0.0215. The van der Waals surface area contributed by atoms with Crippen LogP contribution in [-0.4, -0.2) is 21.7 Å². The number of rotatable bonds is 5. The summed E-state index contributed by atoms with van der Waals surface area (Å²) in [4.78, 5) is 27.3. The molecule has 0 saturated carbocycles. The molecule has 1 saturated heterocycles. The number of hydrogen-bond donors (Lipinski definition) is 1. The monoisotopic (exact) mass is 419 g/mol.